The minimum Gasteiger partial charge on any atom is -0.265 e. The summed E-state index contributed by atoms with van der Waals surface area (Å²) in [6.45, 7) is 9.91. The molecule has 7 rings (SSSR count). The summed E-state index contributed by atoms with van der Waals surface area (Å²) >= 11 is 1.74. The van der Waals surface area contributed by atoms with Crippen molar-refractivity contribution in [2.24, 2.45) is 0 Å². The molecule has 7 aromatic rings. The predicted molar refractivity (Wildman–Crippen MR) is 184 cm³/mol. The highest BCUT2D eigenvalue weighted by Crippen LogP contribution is 2.20. The quantitative estimate of drug-likeness (QED) is 0.134. The number of fused-ring (bicyclic) bond motifs is 2. The van der Waals surface area contributed by atoms with Crippen LogP contribution in [0.25, 0.3) is 21.1 Å². The molecular weight excluding hydrogens is 581 g/mol. The van der Waals surface area contributed by atoms with E-state index in [1.54, 1.807) is 54.3 Å². The molecule has 0 atom stereocenters. The van der Waals surface area contributed by atoms with Crippen molar-refractivity contribution in [3.05, 3.63) is 166 Å². The molecular formula is C36H36N6O2S. The fourth-order valence-electron chi connectivity index (χ4n) is 3.71. The van der Waals surface area contributed by atoms with Crippen LogP contribution < -0.4 is 0 Å². The maximum Gasteiger partial charge on any atom is 0.269 e. The van der Waals surface area contributed by atoms with Crippen molar-refractivity contribution in [3.63, 3.8) is 0 Å². The molecule has 0 spiro atoms. The summed E-state index contributed by atoms with van der Waals surface area (Å²) in [5.74, 6) is 0.822. The summed E-state index contributed by atoms with van der Waals surface area (Å²) in [6.07, 6.45) is 8.85. The van der Waals surface area contributed by atoms with E-state index in [1.807, 2.05) is 70.3 Å². The lowest BCUT2D eigenvalue weighted by Crippen LogP contribution is -1.86. The highest BCUT2D eigenvalue weighted by atomic mass is 32.1. The molecule has 0 aliphatic heterocycles. The maximum absolute atomic E-state index is 10.1. The van der Waals surface area contributed by atoms with Crippen LogP contribution in [0.15, 0.2) is 128 Å². The lowest BCUT2D eigenvalue weighted by Gasteiger charge is -1.97. The zero-order valence-corrected chi connectivity index (χ0v) is 26.8. The number of nitro groups is 1. The number of benzene rings is 3. The standard InChI is InChI=1S/C10H9N.C8H7NS.C7H7NO2.C6H7N.C5H6N2/c1-8-4-2-5-9-6-3-7-11-10(8)9;1-6-9-7-4-2-3-5-8(7)10-6;1-6-2-4-7(5-3-6)8(9)10;1-6-2-4-7-5-3-6;1-5-6-3-2-4-7-5/h2-7H,1H3;2*2-5H,1H3;2-5H,1H3;2-4H,1H3. The minimum absolute atomic E-state index is 0.144. The molecule has 0 fully saturated rings. The van der Waals surface area contributed by atoms with E-state index < -0.39 is 4.92 Å². The van der Waals surface area contributed by atoms with E-state index in [9.17, 15) is 10.1 Å². The number of aryl methyl sites for hydroxylation is 5. The molecule has 9 heteroatoms. The topological polar surface area (TPSA) is 108 Å². The van der Waals surface area contributed by atoms with Crippen LogP contribution >= 0.6 is 11.3 Å². The van der Waals surface area contributed by atoms with E-state index >= 15 is 0 Å². The first-order valence-electron chi connectivity index (χ1n) is 14.2. The van der Waals surface area contributed by atoms with Crippen molar-refractivity contribution in [1.29, 1.82) is 0 Å². The van der Waals surface area contributed by atoms with Crippen LogP contribution in [0, 0.1) is 44.7 Å². The zero-order chi connectivity index (χ0) is 32.4. The van der Waals surface area contributed by atoms with E-state index in [4.69, 9.17) is 0 Å². The van der Waals surface area contributed by atoms with Gasteiger partial charge in [0.1, 0.15) is 5.82 Å². The first-order valence-corrected chi connectivity index (χ1v) is 15.0. The van der Waals surface area contributed by atoms with Gasteiger partial charge in [-0.3, -0.25) is 20.1 Å². The highest BCUT2D eigenvalue weighted by molar-refractivity contribution is 7.18. The Hall–Kier alpha value is -5.41. The largest absolute Gasteiger partial charge is 0.269 e. The number of pyridine rings is 2. The molecule has 0 saturated carbocycles. The molecule has 228 valence electrons. The van der Waals surface area contributed by atoms with E-state index in [0.717, 1.165) is 27.4 Å². The first kappa shape index (κ1) is 34.1. The first-order chi connectivity index (χ1) is 21.7. The fraction of sp³-hybridized carbons (Fsp3) is 0.139. The maximum atomic E-state index is 10.1. The van der Waals surface area contributed by atoms with Gasteiger partial charge in [0.2, 0.25) is 0 Å². The van der Waals surface area contributed by atoms with Crippen molar-refractivity contribution in [1.82, 2.24) is 24.9 Å². The summed E-state index contributed by atoms with van der Waals surface area (Å²) in [5.41, 5.74) is 5.90. The molecule has 4 heterocycles. The van der Waals surface area contributed by atoms with Gasteiger partial charge in [-0.25, -0.2) is 15.0 Å². The monoisotopic (exact) mass is 616 g/mol. The molecule has 0 radical (unpaired) electrons. The third-order valence-corrected chi connectivity index (χ3v) is 6.97. The summed E-state index contributed by atoms with van der Waals surface area (Å²) in [7, 11) is 0. The second-order valence-electron chi connectivity index (χ2n) is 9.76. The third-order valence-electron chi connectivity index (χ3n) is 6.02. The van der Waals surface area contributed by atoms with Gasteiger partial charge < -0.3 is 0 Å². The third kappa shape index (κ3) is 12.4. The van der Waals surface area contributed by atoms with Gasteiger partial charge in [-0.05, 0) is 82.1 Å². The number of thiazole rings is 1. The molecule has 4 aromatic heterocycles. The van der Waals surface area contributed by atoms with Gasteiger partial charge in [0.15, 0.2) is 0 Å². The van der Waals surface area contributed by atoms with Crippen molar-refractivity contribution in [2.45, 2.75) is 34.6 Å². The van der Waals surface area contributed by atoms with Crippen LogP contribution in [0.2, 0.25) is 0 Å². The number of hydrogen-bond donors (Lipinski definition) is 0. The summed E-state index contributed by atoms with van der Waals surface area (Å²) < 4.78 is 1.28. The van der Waals surface area contributed by atoms with Crippen LogP contribution in [0.5, 0.6) is 0 Å². The smallest absolute Gasteiger partial charge is 0.265 e. The van der Waals surface area contributed by atoms with E-state index in [1.165, 1.54) is 33.3 Å². The molecule has 0 aliphatic rings. The average molecular weight is 617 g/mol. The number of nitro benzene ring substituents is 1. The highest BCUT2D eigenvalue weighted by Gasteiger charge is 2.00. The summed E-state index contributed by atoms with van der Waals surface area (Å²) in [4.78, 5) is 29.9. The molecule has 0 bridgehead atoms. The zero-order valence-electron chi connectivity index (χ0n) is 26.0. The minimum atomic E-state index is -0.403. The summed E-state index contributed by atoms with van der Waals surface area (Å²) in [5, 5.41) is 12.5. The Morgan fingerprint density at radius 3 is 1.80 bits per heavy atom. The van der Waals surface area contributed by atoms with E-state index in [2.05, 4.69) is 62.2 Å². The van der Waals surface area contributed by atoms with Crippen LogP contribution in [0.1, 0.15) is 27.5 Å². The summed E-state index contributed by atoms with van der Waals surface area (Å²) in [6, 6.07) is 30.6. The van der Waals surface area contributed by atoms with Gasteiger partial charge >= 0.3 is 0 Å². The van der Waals surface area contributed by atoms with E-state index in [0.29, 0.717) is 0 Å². The van der Waals surface area contributed by atoms with Gasteiger partial charge in [-0.2, -0.15) is 0 Å². The normalized spacial score (nSPS) is 9.62. The molecule has 8 nitrogen and oxygen atoms in total. The lowest BCUT2D eigenvalue weighted by atomic mass is 10.1. The molecule has 0 unspecified atom stereocenters. The second-order valence-corrected chi connectivity index (χ2v) is 11.0. The van der Waals surface area contributed by atoms with Crippen LogP contribution in [-0.4, -0.2) is 29.8 Å². The molecule has 0 amide bonds. The SMILES string of the molecule is Cc1ccc([N+](=O)[O-])cc1.Cc1cccc2cccnc12.Cc1ccncc1.Cc1nc2ccccc2s1.Cc1ncccn1. The van der Waals surface area contributed by atoms with Crippen molar-refractivity contribution >= 4 is 38.1 Å². The molecule has 3 aromatic carbocycles. The van der Waals surface area contributed by atoms with Crippen LogP contribution in [0.3, 0.4) is 0 Å². The number of nitrogens with zero attached hydrogens (tertiary/aromatic N) is 6. The van der Waals surface area contributed by atoms with Gasteiger partial charge in [-0.15, -0.1) is 11.3 Å². The van der Waals surface area contributed by atoms with Gasteiger partial charge in [0.05, 0.1) is 25.7 Å². The Kier molecular flexibility index (Phi) is 13.9. The van der Waals surface area contributed by atoms with Crippen LogP contribution in [-0.2, 0) is 0 Å². The Morgan fingerprint density at radius 1 is 0.622 bits per heavy atom. The Morgan fingerprint density at radius 2 is 1.24 bits per heavy atom. The lowest BCUT2D eigenvalue weighted by molar-refractivity contribution is -0.384. The molecule has 45 heavy (non-hydrogen) atoms. The van der Waals surface area contributed by atoms with Gasteiger partial charge in [0.25, 0.3) is 5.69 Å². The van der Waals surface area contributed by atoms with Crippen molar-refractivity contribution in [2.75, 3.05) is 0 Å². The Labute approximate surface area is 267 Å². The van der Waals surface area contributed by atoms with Crippen LogP contribution in [0.4, 0.5) is 5.69 Å². The molecule has 0 aliphatic carbocycles. The second kappa shape index (κ2) is 18.3. The fourth-order valence-corrected chi connectivity index (χ4v) is 4.54. The van der Waals surface area contributed by atoms with Gasteiger partial charge in [0, 0.05) is 48.5 Å². The predicted octanol–water partition coefficient (Wildman–Crippen LogP) is 9.23. The molecule has 0 N–H and O–H groups in total. The number of hydrogen-bond acceptors (Lipinski definition) is 8. The van der Waals surface area contributed by atoms with E-state index in [-0.39, 0.29) is 5.69 Å². The number of non-ortho nitro benzene ring substituents is 1. The molecule has 0 saturated heterocycles. The van der Waals surface area contributed by atoms with Crippen molar-refractivity contribution in [3.8, 4) is 0 Å². The number of para-hydroxylation sites is 2. The number of aromatic nitrogens is 5. The number of rotatable bonds is 1. The van der Waals surface area contributed by atoms with Gasteiger partial charge in [-0.1, -0.05) is 54.1 Å². The Balaban J connectivity index is 0.000000155. The average Bonchev–Trinajstić information content (AvgIpc) is 3.44. The van der Waals surface area contributed by atoms with Crippen molar-refractivity contribution < 1.29 is 4.92 Å². The Bertz CT molecular complexity index is 1800.